The van der Waals surface area contributed by atoms with Crippen LogP contribution in [-0.4, -0.2) is 44.5 Å². The normalized spacial score (nSPS) is 13.8. The number of rotatable bonds is 7. The quantitative estimate of drug-likeness (QED) is 0.382. The molecule has 0 spiro atoms. The summed E-state index contributed by atoms with van der Waals surface area (Å²) < 4.78 is 33.4. The molecule has 1 N–H and O–H groups in total. The third kappa shape index (κ3) is 6.74. The Labute approximate surface area is 168 Å². The van der Waals surface area contributed by atoms with Gasteiger partial charge >= 0.3 is 0 Å². The van der Waals surface area contributed by atoms with Gasteiger partial charge in [0.05, 0.1) is 13.2 Å². The molecule has 0 saturated carbocycles. The molecule has 1 amide bonds. The van der Waals surface area contributed by atoms with Gasteiger partial charge in [-0.1, -0.05) is 41.5 Å². The van der Waals surface area contributed by atoms with Gasteiger partial charge in [-0.25, -0.2) is 13.8 Å². The zero-order valence-corrected chi connectivity index (χ0v) is 19.2. The number of hydrogen-bond acceptors (Lipinski definition) is 4. The summed E-state index contributed by atoms with van der Waals surface area (Å²) in [5, 5.41) is 2.67. The highest BCUT2D eigenvalue weighted by atomic mass is 28.4. The van der Waals surface area contributed by atoms with E-state index in [1.807, 2.05) is 0 Å². The number of pyridine rings is 1. The van der Waals surface area contributed by atoms with E-state index in [2.05, 4.69) is 49.2 Å². The molecule has 5 nitrogen and oxygen atoms in total. The molecule has 0 fully saturated rings. The summed E-state index contributed by atoms with van der Waals surface area (Å²) in [5.74, 6) is -0.214. The molecule has 1 aromatic rings. The van der Waals surface area contributed by atoms with E-state index in [9.17, 15) is 13.6 Å². The first-order valence-corrected chi connectivity index (χ1v) is 12.3. The van der Waals surface area contributed by atoms with Crippen molar-refractivity contribution in [3.8, 4) is 0 Å². The molecule has 1 aromatic heterocycles. The van der Waals surface area contributed by atoms with Gasteiger partial charge in [0, 0.05) is 17.2 Å². The fourth-order valence-electron chi connectivity index (χ4n) is 1.96. The molecule has 0 radical (unpaired) electrons. The van der Waals surface area contributed by atoms with Gasteiger partial charge in [0.1, 0.15) is 11.5 Å². The maximum atomic E-state index is 13.7. The van der Waals surface area contributed by atoms with Gasteiger partial charge in [-0.15, -0.1) is 0 Å². The largest absolute Gasteiger partial charge is 0.415 e. The Hall–Kier alpha value is -1.67. The van der Waals surface area contributed by atoms with E-state index in [-0.39, 0.29) is 35.5 Å². The molecule has 0 aliphatic carbocycles. The molecule has 1 heterocycles. The Morgan fingerprint density at radius 2 is 1.86 bits per heavy atom. The van der Waals surface area contributed by atoms with Crippen molar-refractivity contribution in [2.45, 2.75) is 66.1 Å². The fourth-order valence-corrected chi connectivity index (χ4v) is 3.00. The Morgan fingerprint density at radius 1 is 1.25 bits per heavy atom. The van der Waals surface area contributed by atoms with Crippen LogP contribution in [-0.2, 0) is 9.22 Å². The summed E-state index contributed by atoms with van der Waals surface area (Å²) in [7, 11) is -1.96. The molecule has 0 aliphatic rings. The maximum Gasteiger partial charge on any atom is 0.280 e. The summed E-state index contributed by atoms with van der Waals surface area (Å²) in [5.41, 5.74) is -0.938. The molecule has 158 valence electrons. The Morgan fingerprint density at radius 3 is 2.36 bits per heavy atom. The highest BCUT2D eigenvalue weighted by molar-refractivity contribution is 6.74. The first kappa shape index (κ1) is 24.4. The lowest BCUT2D eigenvalue weighted by molar-refractivity contribution is -0.123. The highest BCUT2D eigenvalue weighted by Gasteiger charge is 2.36. The van der Waals surface area contributed by atoms with Crippen molar-refractivity contribution in [1.29, 1.82) is 0 Å². The summed E-state index contributed by atoms with van der Waals surface area (Å²) in [4.78, 5) is 20.4. The third-order valence-electron chi connectivity index (χ3n) is 4.85. The molecule has 8 heteroatoms. The second-order valence-corrected chi connectivity index (χ2v) is 14.1. The monoisotopic (exact) mass is 413 g/mol. The van der Waals surface area contributed by atoms with Gasteiger partial charge in [-0.3, -0.25) is 9.79 Å². The van der Waals surface area contributed by atoms with Crippen LogP contribution in [0.3, 0.4) is 0 Å². The van der Waals surface area contributed by atoms with Crippen LogP contribution in [0.4, 0.5) is 14.6 Å². The predicted molar refractivity (Wildman–Crippen MR) is 113 cm³/mol. The van der Waals surface area contributed by atoms with E-state index in [1.54, 1.807) is 26.8 Å². The number of hydrogen-bond donors (Lipinski definition) is 1. The van der Waals surface area contributed by atoms with Crippen LogP contribution >= 0.6 is 0 Å². The maximum absolute atomic E-state index is 13.7. The number of halogens is 2. The zero-order valence-electron chi connectivity index (χ0n) is 18.2. The lowest BCUT2D eigenvalue weighted by Crippen LogP contribution is -2.41. The second kappa shape index (κ2) is 9.22. The molecular weight excluding hydrogens is 380 g/mol. The number of amides is 1. The van der Waals surface area contributed by atoms with Crippen LogP contribution in [0, 0.1) is 5.41 Å². The van der Waals surface area contributed by atoms with E-state index in [1.165, 1.54) is 12.3 Å². The van der Waals surface area contributed by atoms with E-state index in [0.717, 1.165) is 0 Å². The predicted octanol–water partition coefficient (Wildman–Crippen LogP) is 5.14. The Balaban J connectivity index is 3.01. The molecule has 0 atom stereocenters. The van der Waals surface area contributed by atoms with Crippen molar-refractivity contribution in [3.05, 3.63) is 23.9 Å². The Bertz CT molecular complexity index is 708. The molecule has 0 saturated heterocycles. The standard InChI is InChI=1S/C20H33F2N3O2Si/c1-19(2,3)18(26)25-17-14(10-9-11-24-17)15(16(21)22)23-12-13-27-28(7,8)20(4,5)6/h9-11,16H,12-13H2,1-8H3,(H,24,25,26). The fraction of sp³-hybridized carbons (Fsp3) is 0.650. The van der Waals surface area contributed by atoms with Gasteiger partial charge in [0.25, 0.3) is 6.43 Å². The van der Waals surface area contributed by atoms with Gasteiger partial charge in [-0.05, 0) is 30.3 Å². The smallest absolute Gasteiger partial charge is 0.280 e. The van der Waals surface area contributed by atoms with Crippen LogP contribution in [0.1, 0.15) is 47.1 Å². The van der Waals surface area contributed by atoms with Gasteiger partial charge in [0.15, 0.2) is 8.32 Å². The summed E-state index contributed by atoms with van der Waals surface area (Å²) in [6.07, 6.45) is -1.34. The molecule has 28 heavy (non-hydrogen) atoms. The van der Waals surface area contributed by atoms with Crippen molar-refractivity contribution in [3.63, 3.8) is 0 Å². The van der Waals surface area contributed by atoms with Gasteiger partial charge in [0.2, 0.25) is 5.91 Å². The van der Waals surface area contributed by atoms with E-state index in [0.29, 0.717) is 0 Å². The summed E-state index contributed by atoms with van der Waals surface area (Å²) >= 11 is 0. The first-order chi connectivity index (χ1) is 12.7. The minimum Gasteiger partial charge on any atom is -0.415 e. The number of carbonyl (C=O) groups is 1. The van der Waals surface area contributed by atoms with Crippen molar-refractivity contribution in [2.75, 3.05) is 18.5 Å². The lowest BCUT2D eigenvalue weighted by Gasteiger charge is -2.36. The van der Waals surface area contributed by atoms with E-state index >= 15 is 0 Å². The Kier molecular flexibility index (Phi) is 8.02. The van der Waals surface area contributed by atoms with Gasteiger partial charge < -0.3 is 9.74 Å². The highest BCUT2D eigenvalue weighted by Crippen LogP contribution is 2.36. The molecule has 0 aromatic carbocycles. The van der Waals surface area contributed by atoms with Crippen molar-refractivity contribution in [1.82, 2.24) is 4.98 Å². The minimum absolute atomic E-state index is 0.0377. The van der Waals surface area contributed by atoms with E-state index in [4.69, 9.17) is 4.43 Å². The van der Waals surface area contributed by atoms with Crippen molar-refractivity contribution < 1.29 is 18.0 Å². The molecule has 0 unspecified atom stereocenters. The topological polar surface area (TPSA) is 63.6 Å². The first-order valence-electron chi connectivity index (χ1n) is 9.40. The average molecular weight is 414 g/mol. The average Bonchev–Trinajstić information content (AvgIpc) is 2.53. The number of carbonyl (C=O) groups excluding carboxylic acids is 1. The molecule has 0 aliphatic heterocycles. The second-order valence-electron chi connectivity index (χ2n) is 9.28. The van der Waals surface area contributed by atoms with Crippen LogP contribution in [0.25, 0.3) is 0 Å². The lowest BCUT2D eigenvalue weighted by atomic mass is 9.95. The minimum atomic E-state index is -2.79. The van der Waals surface area contributed by atoms with Crippen molar-refractivity contribution >= 4 is 25.8 Å². The summed E-state index contributed by atoms with van der Waals surface area (Å²) in [6, 6.07) is 3.04. The van der Waals surface area contributed by atoms with Gasteiger partial charge in [-0.2, -0.15) is 0 Å². The summed E-state index contributed by atoms with van der Waals surface area (Å²) in [6.45, 7) is 16.2. The van der Waals surface area contributed by atoms with Crippen molar-refractivity contribution in [2.24, 2.45) is 10.4 Å². The number of anilines is 1. The van der Waals surface area contributed by atoms with Crippen LogP contribution in [0.15, 0.2) is 23.3 Å². The number of alkyl halides is 2. The third-order valence-corrected chi connectivity index (χ3v) is 9.38. The van der Waals surface area contributed by atoms with Crippen LogP contribution in [0.2, 0.25) is 18.1 Å². The molecule has 1 rings (SSSR count). The number of nitrogens with zero attached hydrogens (tertiary/aromatic N) is 2. The van der Waals surface area contributed by atoms with Crippen LogP contribution < -0.4 is 5.32 Å². The zero-order chi connectivity index (χ0) is 21.8. The SMILES string of the molecule is CC(C)(C)C(=O)Nc1ncccc1C(=NCCO[Si](C)(C)C(C)(C)C)C(F)F. The molecular formula is C20H33F2N3O2Si. The number of aromatic nitrogens is 1. The number of nitrogens with one attached hydrogen (secondary N) is 1. The van der Waals surface area contributed by atoms with E-state index < -0.39 is 25.9 Å². The molecule has 0 bridgehead atoms. The number of aliphatic imine (C=N–C) groups is 1. The van der Waals surface area contributed by atoms with Crippen LogP contribution in [0.5, 0.6) is 0 Å².